The third-order valence-corrected chi connectivity index (χ3v) is 1.20. The van der Waals surface area contributed by atoms with Gasteiger partial charge in [-0.3, -0.25) is 0 Å². The number of hydrogen-bond donors (Lipinski definition) is 3. The molecule has 64 valence electrons. The zero-order valence-corrected chi connectivity index (χ0v) is 8.48. The molecule has 0 aliphatic carbocycles. The predicted molar refractivity (Wildman–Crippen MR) is 50.4 cm³/mol. The van der Waals surface area contributed by atoms with Crippen molar-refractivity contribution in [2.75, 3.05) is 0 Å². The standard InChI is InChI=1S/C7H14BrN3/c1-5(2)11-6(4-9)3-7(8)10/h3-5,11H,9-10H2,1-2H3/p+1. The number of rotatable bonds is 3. The third kappa shape index (κ3) is 5.94. The molecule has 0 amide bonds. The number of quaternary nitrogens is 1. The molecule has 4 heteroatoms. The van der Waals surface area contributed by atoms with Crippen LogP contribution in [0, 0.1) is 0 Å². The van der Waals surface area contributed by atoms with Crippen LogP contribution in [0.15, 0.2) is 22.6 Å². The molecule has 0 saturated carbocycles. The summed E-state index contributed by atoms with van der Waals surface area (Å²) >= 11 is 3.14. The fourth-order valence-electron chi connectivity index (χ4n) is 0.641. The molecule has 0 unspecified atom stereocenters. The topological polar surface area (TPSA) is 65.7 Å². The van der Waals surface area contributed by atoms with Crippen molar-refractivity contribution < 1.29 is 5.73 Å². The number of halogens is 1. The van der Waals surface area contributed by atoms with Crippen molar-refractivity contribution in [2.45, 2.75) is 19.9 Å². The van der Waals surface area contributed by atoms with E-state index in [4.69, 9.17) is 5.73 Å². The highest BCUT2D eigenvalue weighted by atomic mass is 79.9. The summed E-state index contributed by atoms with van der Waals surface area (Å²) in [4.78, 5) is 0. The first-order valence-corrected chi connectivity index (χ1v) is 4.24. The quantitative estimate of drug-likeness (QED) is 0.472. The zero-order valence-electron chi connectivity index (χ0n) is 6.89. The van der Waals surface area contributed by atoms with Crippen molar-refractivity contribution in [1.29, 1.82) is 0 Å². The lowest BCUT2D eigenvalue weighted by molar-refractivity contribution is -0.276. The lowest BCUT2D eigenvalue weighted by Crippen LogP contribution is -2.42. The third-order valence-electron chi connectivity index (χ3n) is 0.969. The van der Waals surface area contributed by atoms with Gasteiger partial charge >= 0.3 is 0 Å². The highest BCUT2D eigenvalue weighted by Gasteiger charge is 1.96. The van der Waals surface area contributed by atoms with Gasteiger partial charge in [-0.2, -0.15) is 0 Å². The van der Waals surface area contributed by atoms with Crippen LogP contribution in [0.2, 0.25) is 0 Å². The normalized spacial score (nSPS) is 13.9. The van der Waals surface area contributed by atoms with E-state index in [1.807, 2.05) is 0 Å². The second kappa shape index (κ2) is 5.21. The van der Waals surface area contributed by atoms with Gasteiger partial charge in [0.15, 0.2) is 0 Å². The Morgan fingerprint density at radius 3 is 2.45 bits per heavy atom. The Morgan fingerprint density at radius 2 is 2.18 bits per heavy atom. The molecule has 0 heterocycles. The average Bonchev–Trinajstić information content (AvgIpc) is 1.84. The van der Waals surface area contributed by atoms with Crippen LogP contribution in [-0.2, 0) is 0 Å². The van der Waals surface area contributed by atoms with E-state index >= 15 is 0 Å². The van der Waals surface area contributed by atoms with Crippen molar-refractivity contribution in [1.82, 2.24) is 5.32 Å². The molecule has 0 radical (unpaired) electrons. The summed E-state index contributed by atoms with van der Waals surface area (Å²) in [5.41, 5.74) is 9.99. The van der Waals surface area contributed by atoms with Crippen molar-refractivity contribution in [3.05, 3.63) is 22.6 Å². The maximum atomic E-state index is 5.41. The number of nitrogens with one attached hydrogen (secondary N) is 1. The number of hydrogen-bond acceptors (Lipinski definition) is 2. The van der Waals surface area contributed by atoms with Crippen LogP contribution in [0.1, 0.15) is 13.8 Å². The zero-order chi connectivity index (χ0) is 8.85. The molecular weight excluding hydrogens is 206 g/mol. The second-order valence-corrected chi connectivity index (χ2v) is 3.40. The van der Waals surface area contributed by atoms with Gasteiger partial charge in [-0.1, -0.05) is 0 Å². The molecule has 0 rings (SSSR count). The Morgan fingerprint density at radius 1 is 1.64 bits per heavy atom. The van der Waals surface area contributed by atoms with Crippen LogP contribution < -0.4 is 16.8 Å². The first-order chi connectivity index (χ1) is 5.06. The molecule has 3 nitrogen and oxygen atoms in total. The summed E-state index contributed by atoms with van der Waals surface area (Å²) < 4.78 is 0.598. The van der Waals surface area contributed by atoms with Gasteiger partial charge < -0.3 is 16.8 Å². The summed E-state index contributed by atoms with van der Waals surface area (Å²) in [6.45, 7) is 4.11. The minimum atomic E-state index is 0.395. The van der Waals surface area contributed by atoms with Crippen LogP contribution in [-0.4, -0.2) is 6.04 Å². The summed E-state index contributed by atoms with van der Waals surface area (Å²) in [6, 6.07) is 0.395. The molecule has 6 N–H and O–H groups in total. The first-order valence-electron chi connectivity index (χ1n) is 3.45. The summed E-state index contributed by atoms with van der Waals surface area (Å²) in [5, 5.41) is 3.17. The largest absolute Gasteiger partial charge is 0.393 e. The Bertz CT molecular complexity index is 169. The predicted octanol–water partition coefficient (Wildman–Crippen LogP) is 0.263. The van der Waals surface area contributed by atoms with E-state index < -0.39 is 0 Å². The number of allylic oxidation sites excluding steroid dienone is 1. The first kappa shape index (κ1) is 10.5. The van der Waals surface area contributed by atoms with Crippen LogP contribution in [0.25, 0.3) is 0 Å². The molecule has 0 aromatic heterocycles. The Labute approximate surface area is 75.6 Å². The van der Waals surface area contributed by atoms with Gasteiger partial charge in [0.05, 0.1) is 10.3 Å². The molecule has 0 aliphatic rings. The summed E-state index contributed by atoms with van der Waals surface area (Å²) in [5.74, 6) is 0. The fourth-order valence-corrected chi connectivity index (χ4v) is 0.888. The molecule has 0 fully saturated rings. The monoisotopic (exact) mass is 220 g/mol. The highest BCUT2D eigenvalue weighted by molar-refractivity contribution is 9.11. The average molecular weight is 221 g/mol. The number of nitrogens with two attached hydrogens (primary N) is 1. The molecular formula is C7H15BrN3+. The Kier molecular flexibility index (Phi) is 4.98. The van der Waals surface area contributed by atoms with E-state index in [0.29, 0.717) is 10.6 Å². The van der Waals surface area contributed by atoms with Gasteiger partial charge in [0.1, 0.15) is 6.20 Å². The van der Waals surface area contributed by atoms with Gasteiger partial charge in [0, 0.05) is 6.04 Å². The minimum Gasteiger partial charge on any atom is -0.393 e. The van der Waals surface area contributed by atoms with Crippen molar-refractivity contribution in [3.8, 4) is 0 Å². The SMILES string of the molecule is CC(C)NC(C=C(N)Br)=C[NH3+]. The molecule has 0 spiro atoms. The van der Waals surface area contributed by atoms with E-state index in [1.54, 1.807) is 12.3 Å². The molecule has 0 aliphatic heterocycles. The summed E-state index contributed by atoms with van der Waals surface area (Å²) in [6.07, 6.45) is 3.52. The molecule has 0 saturated heterocycles. The van der Waals surface area contributed by atoms with Crippen LogP contribution in [0.4, 0.5) is 0 Å². The molecule has 0 aromatic rings. The van der Waals surface area contributed by atoms with Crippen molar-refractivity contribution in [2.24, 2.45) is 5.73 Å². The Hall–Kier alpha value is -0.480. The lowest BCUT2D eigenvalue weighted by Gasteiger charge is -2.08. The maximum absolute atomic E-state index is 5.41. The Balaban J connectivity index is 4.10. The van der Waals surface area contributed by atoms with Crippen LogP contribution in [0.3, 0.4) is 0 Å². The van der Waals surface area contributed by atoms with E-state index in [9.17, 15) is 0 Å². The van der Waals surface area contributed by atoms with E-state index in [0.717, 1.165) is 5.70 Å². The van der Waals surface area contributed by atoms with E-state index in [-0.39, 0.29) is 0 Å². The second-order valence-electron chi connectivity index (χ2n) is 2.49. The molecule has 11 heavy (non-hydrogen) atoms. The highest BCUT2D eigenvalue weighted by Crippen LogP contribution is 2.00. The summed E-state index contributed by atoms with van der Waals surface area (Å²) in [7, 11) is 0. The van der Waals surface area contributed by atoms with Gasteiger partial charge in [0.2, 0.25) is 0 Å². The molecule has 0 aromatic carbocycles. The maximum Gasteiger partial charge on any atom is 0.114 e. The lowest BCUT2D eigenvalue weighted by atomic mass is 10.3. The smallest absolute Gasteiger partial charge is 0.114 e. The van der Waals surface area contributed by atoms with Gasteiger partial charge in [0.25, 0.3) is 0 Å². The van der Waals surface area contributed by atoms with Crippen molar-refractivity contribution >= 4 is 15.9 Å². The van der Waals surface area contributed by atoms with Gasteiger partial charge in [-0.15, -0.1) is 0 Å². The van der Waals surface area contributed by atoms with Gasteiger partial charge in [-0.05, 0) is 35.9 Å². The van der Waals surface area contributed by atoms with Crippen molar-refractivity contribution in [3.63, 3.8) is 0 Å². The van der Waals surface area contributed by atoms with Gasteiger partial charge in [-0.25, -0.2) is 0 Å². The van der Waals surface area contributed by atoms with Crippen LogP contribution in [0.5, 0.6) is 0 Å². The fraction of sp³-hybridized carbons (Fsp3) is 0.429. The molecule has 0 atom stereocenters. The molecule has 0 bridgehead atoms. The minimum absolute atomic E-state index is 0.395. The van der Waals surface area contributed by atoms with E-state index in [2.05, 4.69) is 40.8 Å². The van der Waals surface area contributed by atoms with E-state index in [1.165, 1.54) is 0 Å². The van der Waals surface area contributed by atoms with Crippen LogP contribution >= 0.6 is 15.9 Å².